The molecule has 2 saturated carbocycles. The molecule has 0 bridgehead atoms. The van der Waals surface area contributed by atoms with Crippen LogP contribution in [0.1, 0.15) is 12.8 Å². The molecule has 2 aliphatic carbocycles. The van der Waals surface area contributed by atoms with Gasteiger partial charge in [-0.3, -0.25) is 4.79 Å². The van der Waals surface area contributed by atoms with Crippen LogP contribution in [0.25, 0.3) is 0 Å². The highest BCUT2D eigenvalue weighted by molar-refractivity contribution is 14.1. The smallest absolute Gasteiger partial charge is 0.136 e. The largest absolute Gasteiger partial charge is 0.299 e. The van der Waals surface area contributed by atoms with E-state index in [9.17, 15) is 4.79 Å². The predicted octanol–water partition coefficient (Wildman–Crippen LogP) is 1.65. The number of hydrogen-bond acceptors (Lipinski definition) is 1. The molecule has 0 unspecified atom stereocenters. The van der Waals surface area contributed by atoms with E-state index in [1.807, 2.05) is 0 Å². The Morgan fingerprint density at radius 3 is 2.67 bits per heavy atom. The molecular formula is C7H9IO. The summed E-state index contributed by atoms with van der Waals surface area (Å²) in [4.78, 5) is 11.0. The summed E-state index contributed by atoms with van der Waals surface area (Å²) in [6.45, 7) is 0. The molecule has 2 rings (SSSR count). The van der Waals surface area contributed by atoms with Crippen LogP contribution in [0.3, 0.4) is 0 Å². The van der Waals surface area contributed by atoms with Crippen molar-refractivity contribution < 1.29 is 4.79 Å². The second-order valence-electron chi connectivity index (χ2n) is 3.09. The Bertz CT molecular complexity index is 155. The third-order valence-corrected chi connectivity index (χ3v) is 3.65. The molecule has 0 radical (unpaired) electrons. The lowest BCUT2D eigenvalue weighted by atomic mass is 10.1. The summed E-state index contributed by atoms with van der Waals surface area (Å²) >= 11 is 2.39. The quantitative estimate of drug-likeness (QED) is 0.499. The lowest BCUT2D eigenvalue weighted by Crippen LogP contribution is -2.02. The topological polar surface area (TPSA) is 17.1 Å². The Morgan fingerprint density at radius 1 is 1.67 bits per heavy atom. The molecule has 0 spiro atoms. The zero-order chi connectivity index (χ0) is 6.43. The normalized spacial score (nSPS) is 47.2. The number of Topliss-reactive ketones (excluding diaryl/α,β-unsaturated/α-hetero) is 1. The summed E-state index contributed by atoms with van der Waals surface area (Å²) in [5.41, 5.74) is 0. The first kappa shape index (κ1) is 6.13. The number of fused-ring (bicyclic) bond motifs is 1. The van der Waals surface area contributed by atoms with Gasteiger partial charge in [-0.25, -0.2) is 0 Å². The third kappa shape index (κ3) is 0.827. The van der Waals surface area contributed by atoms with Gasteiger partial charge in [0.15, 0.2) is 0 Å². The molecule has 1 nitrogen and oxygen atoms in total. The van der Waals surface area contributed by atoms with Gasteiger partial charge in [-0.15, -0.1) is 0 Å². The number of carbonyl (C=O) groups excluding carboxylic acids is 1. The number of carbonyl (C=O) groups is 1. The van der Waals surface area contributed by atoms with E-state index < -0.39 is 0 Å². The highest BCUT2D eigenvalue weighted by Crippen LogP contribution is 2.53. The first-order valence-corrected chi connectivity index (χ1v) is 4.94. The Balaban J connectivity index is 2.08. The van der Waals surface area contributed by atoms with Crippen molar-refractivity contribution in [3.05, 3.63) is 0 Å². The van der Waals surface area contributed by atoms with Gasteiger partial charge in [0, 0.05) is 16.8 Å². The molecule has 2 heteroatoms. The van der Waals surface area contributed by atoms with Crippen LogP contribution in [-0.4, -0.2) is 10.2 Å². The van der Waals surface area contributed by atoms with Gasteiger partial charge in [-0.1, -0.05) is 22.6 Å². The van der Waals surface area contributed by atoms with E-state index in [1.165, 1.54) is 10.8 Å². The maximum atomic E-state index is 11.0. The first-order chi connectivity index (χ1) is 4.33. The van der Waals surface area contributed by atoms with E-state index >= 15 is 0 Å². The molecule has 0 N–H and O–H groups in total. The van der Waals surface area contributed by atoms with E-state index in [1.54, 1.807) is 0 Å². The van der Waals surface area contributed by atoms with Gasteiger partial charge in [0.1, 0.15) is 5.78 Å². The molecule has 3 atom stereocenters. The van der Waals surface area contributed by atoms with Crippen LogP contribution in [0, 0.1) is 17.8 Å². The van der Waals surface area contributed by atoms with Gasteiger partial charge >= 0.3 is 0 Å². The van der Waals surface area contributed by atoms with Crippen LogP contribution in [0.15, 0.2) is 0 Å². The minimum absolute atomic E-state index is 0.518. The zero-order valence-corrected chi connectivity index (χ0v) is 7.30. The Kier molecular flexibility index (Phi) is 1.32. The summed E-state index contributed by atoms with van der Waals surface area (Å²) < 4.78 is 1.19. The molecule has 0 aromatic heterocycles. The van der Waals surface area contributed by atoms with Gasteiger partial charge in [-0.2, -0.15) is 0 Å². The summed E-state index contributed by atoms with van der Waals surface area (Å²) in [5, 5.41) is 0. The van der Waals surface area contributed by atoms with Gasteiger partial charge < -0.3 is 0 Å². The maximum Gasteiger partial charge on any atom is 0.136 e. The highest BCUT2D eigenvalue weighted by atomic mass is 127. The highest BCUT2D eigenvalue weighted by Gasteiger charge is 2.53. The summed E-state index contributed by atoms with van der Waals surface area (Å²) in [5.74, 6) is 2.63. The number of rotatable bonds is 1. The van der Waals surface area contributed by atoms with Gasteiger partial charge in [-0.05, 0) is 18.3 Å². The van der Waals surface area contributed by atoms with E-state index in [2.05, 4.69) is 22.6 Å². The third-order valence-electron chi connectivity index (χ3n) is 2.52. The second-order valence-corrected chi connectivity index (χ2v) is 3.97. The van der Waals surface area contributed by atoms with Gasteiger partial charge in [0.05, 0.1) is 0 Å². The number of hydrogen-bond donors (Lipinski definition) is 0. The maximum absolute atomic E-state index is 11.0. The van der Waals surface area contributed by atoms with Gasteiger partial charge in [0.2, 0.25) is 0 Å². The minimum atomic E-state index is 0.518. The molecule has 0 aromatic carbocycles. The molecule has 9 heavy (non-hydrogen) atoms. The molecule has 0 aromatic rings. The Hall–Kier alpha value is 0.400. The van der Waals surface area contributed by atoms with Crippen LogP contribution in [-0.2, 0) is 4.79 Å². The van der Waals surface area contributed by atoms with Crippen molar-refractivity contribution >= 4 is 28.4 Å². The van der Waals surface area contributed by atoms with Crippen molar-refractivity contribution in [2.45, 2.75) is 12.8 Å². The molecule has 50 valence electrons. The lowest BCUT2D eigenvalue weighted by molar-refractivity contribution is -0.119. The molecule has 0 heterocycles. The van der Waals surface area contributed by atoms with Crippen LogP contribution < -0.4 is 0 Å². The minimum Gasteiger partial charge on any atom is -0.299 e. The predicted molar refractivity (Wildman–Crippen MR) is 43.6 cm³/mol. The average molecular weight is 236 g/mol. The van der Waals surface area contributed by atoms with Crippen LogP contribution in [0.2, 0.25) is 0 Å². The molecular weight excluding hydrogens is 227 g/mol. The fraction of sp³-hybridized carbons (Fsp3) is 0.857. The molecule has 0 amide bonds. The van der Waals surface area contributed by atoms with Crippen molar-refractivity contribution in [2.75, 3.05) is 4.43 Å². The number of ketones is 1. The Labute approximate surface area is 68.3 Å². The number of halogens is 1. The van der Waals surface area contributed by atoms with E-state index in [0.29, 0.717) is 11.7 Å². The standard InChI is InChI=1S/C7H9IO/c8-3-4-1-7(9)6-2-5(4)6/h4-6H,1-3H2/t4-,5-,6-/m0/s1. The van der Waals surface area contributed by atoms with Crippen molar-refractivity contribution in [1.82, 2.24) is 0 Å². The van der Waals surface area contributed by atoms with E-state index in [-0.39, 0.29) is 0 Å². The molecule has 2 fully saturated rings. The van der Waals surface area contributed by atoms with Crippen LogP contribution in [0.5, 0.6) is 0 Å². The number of alkyl halides is 1. The van der Waals surface area contributed by atoms with E-state index in [0.717, 1.165) is 18.3 Å². The molecule has 2 aliphatic rings. The fourth-order valence-electron chi connectivity index (χ4n) is 1.84. The van der Waals surface area contributed by atoms with Crippen molar-refractivity contribution in [3.8, 4) is 0 Å². The van der Waals surface area contributed by atoms with Crippen molar-refractivity contribution in [1.29, 1.82) is 0 Å². The van der Waals surface area contributed by atoms with Crippen molar-refractivity contribution in [3.63, 3.8) is 0 Å². The first-order valence-electron chi connectivity index (χ1n) is 3.41. The van der Waals surface area contributed by atoms with Crippen LogP contribution >= 0.6 is 22.6 Å². The summed E-state index contributed by atoms with van der Waals surface area (Å²) in [6, 6.07) is 0. The van der Waals surface area contributed by atoms with E-state index in [4.69, 9.17) is 0 Å². The van der Waals surface area contributed by atoms with Crippen LogP contribution in [0.4, 0.5) is 0 Å². The zero-order valence-electron chi connectivity index (χ0n) is 5.14. The Morgan fingerprint density at radius 2 is 2.44 bits per heavy atom. The van der Waals surface area contributed by atoms with Gasteiger partial charge in [0.25, 0.3) is 0 Å². The summed E-state index contributed by atoms with van der Waals surface area (Å²) in [6.07, 6.45) is 2.10. The molecule has 0 aliphatic heterocycles. The second kappa shape index (κ2) is 1.94. The average Bonchev–Trinajstić information content (AvgIpc) is 2.56. The van der Waals surface area contributed by atoms with Crippen molar-refractivity contribution in [2.24, 2.45) is 17.8 Å². The fourth-order valence-corrected chi connectivity index (χ4v) is 2.80. The molecule has 0 saturated heterocycles. The lowest BCUT2D eigenvalue weighted by Gasteiger charge is -2.02. The summed E-state index contributed by atoms with van der Waals surface area (Å²) in [7, 11) is 0. The monoisotopic (exact) mass is 236 g/mol. The SMILES string of the molecule is O=C1C[C@@H](CI)[C@@H]2C[C@H]12.